The molecule has 24 heavy (non-hydrogen) atoms. The first-order chi connectivity index (χ1) is 11.3. The van der Waals surface area contributed by atoms with Gasteiger partial charge in [-0.05, 0) is 44.7 Å². The van der Waals surface area contributed by atoms with E-state index in [2.05, 4.69) is 37.9 Å². The van der Waals surface area contributed by atoms with E-state index in [1.54, 1.807) is 6.26 Å². The predicted molar refractivity (Wildman–Crippen MR) is 93.8 cm³/mol. The highest BCUT2D eigenvalue weighted by Crippen LogP contribution is 2.56. The highest BCUT2D eigenvalue weighted by atomic mass is 35.5. The highest BCUT2D eigenvalue weighted by Gasteiger charge is 2.56. The Balaban J connectivity index is 0.00000169. The minimum Gasteiger partial charge on any atom is -0.451 e. The molecule has 1 saturated heterocycles. The molecule has 2 aromatic heterocycles. The lowest BCUT2D eigenvalue weighted by molar-refractivity contribution is 0.180. The SMILES string of the molecule is CCn1ccnc1CN(Cc1cocn1)C1CC12CCNCC2.Cl. The van der Waals surface area contributed by atoms with Crippen LogP contribution >= 0.6 is 12.4 Å². The number of rotatable bonds is 6. The van der Waals surface area contributed by atoms with E-state index >= 15 is 0 Å². The van der Waals surface area contributed by atoms with Crippen LogP contribution < -0.4 is 5.32 Å². The number of oxazole rings is 1. The van der Waals surface area contributed by atoms with Gasteiger partial charge in [0.15, 0.2) is 6.39 Å². The summed E-state index contributed by atoms with van der Waals surface area (Å²) in [6.07, 6.45) is 11.1. The molecule has 7 heteroatoms. The van der Waals surface area contributed by atoms with Crippen molar-refractivity contribution in [1.29, 1.82) is 0 Å². The van der Waals surface area contributed by atoms with Crippen molar-refractivity contribution in [2.45, 2.75) is 51.9 Å². The summed E-state index contributed by atoms with van der Waals surface area (Å²) in [5.41, 5.74) is 1.52. The quantitative estimate of drug-likeness (QED) is 0.866. The minimum atomic E-state index is 0. The maximum absolute atomic E-state index is 5.16. The Bertz CT molecular complexity index is 635. The molecule has 1 spiro atoms. The first kappa shape index (κ1) is 17.5. The summed E-state index contributed by atoms with van der Waals surface area (Å²) in [4.78, 5) is 11.4. The van der Waals surface area contributed by atoms with E-state index < -0.39 is 0 Å². The Labute approximate surface area is 149 Å². The van der Waals surface area contributed by atoms with Gasteiger partial charge in [-0.3, -0.25) is 4.90 Å². The van der Waals surface area contributed by atoms with Crippen LogP contribution in [0.3, 0.4) is 0 Å². The molecule has 1 aliphatic carbocycles. The van der Waals surface area contributed by atoms with Crippen LogP contribution in [0.25, 0.3) is 0 Å². The number of nitrogens with zero attached hydrogens (tertiary/aromatic N) is 4. The van der Waals surface area contributed by atoms with E-state index in [4.69, 9.17) is 4.42 Å². The Hall–Kier alpha value is -1.37. The predicted octanol–water partition coefficient (Wildman–Crippen LogP) is 2.46. The number of nitrogens with one attached hydrogen (secondary N) is 1. The molecule has 2 aromatic rings. The number of piperidine rings is 1. The fourth-order valence-electron chi connectivity index (χ4n) is 4.07. The van der Waals surface area contributed by atoms with Crippen molar-refractivity contribution in [3.63, 3.8) is 0 Å². The van der Waals surface area contributed by atoms with Crippen molar-refractivity contribution >= 4 is 12.4 Å². The lowest BCUT2D eigenvalue weighted by Gasteiger charge is -2.29. The number of aromatic nitrogens is 3. The molecule has 1 saturated carbocycles. The van der Waals surface area contributed by atoms with Gasteiger partial charge in [-0.2, -0.15) is 0 Å². The fourth-order valence-corrected chi connectivity index (χ4v) is 4.07. The summed E-state index contributed by atoms with van der Waals surface area (Å²) < 4.78 is 7.39. The zero-order valence-electron chi connectivity index (χ0n) is 14.1. The zero-order valence-corrected chi connectivity index (χ0v) is 15.0. The lowest BCUT2D eigenvalue weighted by Crippen LogP contribution is -2.36. The second-order valence-corrected chi connectivity index (χ2v) is 6.85. The van der Waals surface area contributed by atoms with E-state index in [0.29, 0.717) is 11.5 Å². The van der Waals surface area contributed by atoms with Crippen molar-refractivity contribution in [3.05, 3.63) is 36.6 Å². The second-order valence-electron chi connectivity index (χ2n) is 6.85. The summed E-state index contributed by atoms with van der Waals surface area (Å²) in [6.45, 7) is 7.15. The highest BCUT2D eigenvalue weighted by molar-refractivity contribution is 5.85. The number of hydrogen-bond donors (Lipinski definition) is 1. The van der Waals surface area contributed by atoms with Crippen molar-refractivity contribution in [2.75, 3.05) is 13.1 Å². The summed E-state index contributed by atoms with van der Waals surface area (Å²) in [5.74, 6) is 1.15. The van der Waals surface area contributed by atoms with Gasteiger partial charge in [0.25, 0.3) is 0 Å². The maximum Gasteiger partial charge on any atom is 0.180 e. The van der Waals surface area contributed by atoms with Gasteiger partial charge in [-0.15, -0.1) is 12.4 Å². The first-order valence-electron chi connectivity index (χ1n) is 8.62. The van der Waals surface area contributed by atoms with Crippen LogP contribution in [0, 0.1) is 5.41 Å². The van der Waals surface area contributed by atoms with E-state index in [1.165, 1.54) is 25.7 Å². The lowest BCUT2D eigenvalue weighted by atomic mass is 9.93. The Kier molecular flexibility index (Phi) is 5.27. The molecule has 0 bridgehead atoms. The Morgan fingerprint density at radius 2 is 2.17 bits per heavy atom. The molecule has 6 nitrogen and oxygen atoms in total. The third-order valence-electron chi connectivity index (χ3n) is 5.52. The summed E-state index contributed by atoms with van der Waals surface area (Å²) in [5, 5.41) is 3.49. The van der Waals surface area contributed by atoms with Gasteiger partial charge < -0.3 is 14.3 Å². The van der Waals surface area contributed by atoms with E-state index in [9.17, 15) is 0 Å². The van der Waals surface area contributed by atoms with E-state index in [0.717, 1.165) is 44.2 Å². The normalized spacial score (nSPS) is 21.8. The van der Waals surface area contributed by atoms with Crippen LogP contribution in [0.15, 0.2) is 29.5 Å². The number of aryl methyl sites for hydroxylation is 1. The second kappa shape index (κ2) is 7.25. The van der Waals surface area contributed by atoms with E-state index in [1.807, 2.05) is 6.20 Å². The van der Waals surface area contributed by atoms with Gasteiger partial charge >= 0.3 is 0 Å². The molecule has 0 radical (unpaired) electrons. The molecular formula is C17H26ClN5O. The Morgan fingerprint density at radius 1 is 1.33 bits per heavy atom. The molecule has 2 aliphatic rings. The van der Waals surface area contributed by atoms with Crippen LogP contribution in [0.4, 0.5) is 0 Å². The van der Waals surface area contributed by atoms with Crippen LogP contribution in [-0.2, 0) is 19.6 Å². The smallest absolute Gasteiger partial charge is 0.180 e. The average Bonchev–Trinajstić information content (AvgIpc) is 2.99. The van der Waals surface area contributed by atoms with E-state index in [-0.39, 0.29) is 12.4 Å². The summed E-state index contributed by atoms with van der Waals surface area (Å²) in [6, 6.07) is 0.642. The molecule has 1 atom stereocenters. The summed E-state index contributed by atoms with van der Waals surface area (Å²) >= 11 is 0. The largest absolute Gasteiger partial charge is 0.451 e. The van der Waals surface area contributed by atoms with Gasteiger partial charge in [-0.1, -0.05) is 0 Å². The maximum atomic E-state index is 5.16. The number of imidazole rings is 1. The fraction of sp³-hybridized carbons (Fsp3) is 0.647. The van der Waals surface area contributed by atoms with Crippen LogP contribution in [0.5, 0.6) is 0 Å². The standard InChI is InChI=1S/C17H25N5O.ClH/c1-2-21-8-7-19-16(21)11-22(10-14-12-23-13-20-14)15-9-17(15)3-5-18-6-4-17;/h7-8,12-13,15,18H,2-6,9-11H2,1H3;1H. The van der Waals surface area contributed by atoms with Crippen molar-refractivity contribution in [3.8, 4) is 0 Å². The third-order valence-corrected chi connectivity index (χ3v) is 5.52. The number of hydrogen-bond acceptors (Lipinski definition) is 5. The van der Waals surface area contributed by atoms with Crippen LogP contribution in [0.2, 0.25) is 0 Å². The molecule has 1 N–H and O–H groups in total. The molecule has 0 aromatic carbocycles. The van der Waals surface area contributed by atoms with Gasteiger partial charge in [0.2, 0.25) is 0 Å². The average molecular weight is 352 g/mol. The van der Waals surface area contributed by atoms with Gasteiger partial charge in [0, 0.05) is 31.5 Å². The molecule has 4 rings (SSSR count). The summed E-state index contributed by atoms with van der Waals surface area (Å²) in [7, 11) is 0. The zero-order chi connectivity index (χ0) is 15.7. The molecular weight excluding hydrogens is 326 g/mol. The topological polar surface area (TPSA) is 59.1 Å². The Morgan fingerprint density at radius 3 is 2.88 bits per heavy atom. The van der Waals surface area contributed by atoms with Crippen molar-refractivity contribution in [1.82, 2.24) is 24.8 Å². The van der Waals surface area contributed by atoms with Gasteiger partial charge in [0.1, 0.15) is 12.1 Å². The molecule has 1 aliphatic heterocycles. The molecule has 3 heterocycles. The van der Waals surface area contributed by atoms with Crippen LogP contribution in [0.1, 0.15) is 37.7 Å². The first-order valence-corrected chi connectivity index (χ1v) is 8.62. The monoisotopic (exact) mass is 351 g/mol. The van der Waals surface area contributed by atoms with Crippen LogP contribution in [-0.4, -0.2) is 38.6 Å². The van der Waals surface area contributed by atoms with Gasteiger partial charge in [-0.25, -0.2) is 9.97 Å². The molecule has 132 valence electrons. The number of halogens is 1. The molecule has 1 unspecified atom stereocenters. The third kappa shape index (κ3) is 3.36. The van der Waals surface area contributed by atoms with Crippen molar-refractivity contribution in [2.24, 2.45) is 5.41 Å². The molecule has 2 fully saturated rings. The molecule has 0 amide bonds. The minimum absolute atomic E-state index is 0. The van der Waals surface area contributed by atoms with Crippen molar-refractivity contribution < 1.29 is 4.42 Å². The van der Waals surface area contributed by atoms with Gasteiger partial charge in [0.05, 0.1) is 12.2 Å².